The number of rotatable bonds is 4. The van der Waals surface area contributed by atoms with E-state index in [0.29, 0.717) is 21.3 Å². The van der Waals surface area contributed by atoms with Gasteiger partial charge in [-0.25, -0.2) is 0 Å². The molecule has 25 heavy (non-hydrogen) atoms. The second-order valence-corrected chi connectivity index (χ2v) is 6.19. The Bertz CT molecular complexity index is 1050. The van der Waals surface area contributed by atoms with Crippen LogP contribution in [-0.4, -0.2) is 14.9 Å². The molecule has 0 fully saturated rings. The molecule has 0 unspecified atom stereocenters. The van der Waals surface area contributed by atoms with E-state index in [1.54, 1.807) is 48.5 Å². The van der Waals surface area contributed by atoms with Gasteiger partial charge in [0.05, 0.1) is 12.2 Å². The fourth-order valence-electron chi connectivity index (χ4n) is 2.34. The minimum atomic E-state index is -0.787. The van der Waals surface area contributed by atoms with Crippen molar-refractivity contribution in [3.05, 3.63) is 97.2 Å². The smallest absolute Gasteiger partial charge is 0.301 e. The zero-order chi connectivity index (χ0) is 18.0. The van der Waals surface area contributed by atoms with Gasteiger partial charge in [-0.3, -0.25) is 19.0 Å². The first kappa shape index (κ1) is 17.2. The Hall–Kier alpha value is -2.63. The lowest BCUT2D eigenvalue weighted by Crippen LogP contribution is -2.41. The van der Waals surface area contributed by atoms with Crippen LogP contribution in [0.5, 0.6) is 0 Å². The highest BCUT2D eigenvalue weighted by molar-refractivity contribution is 6.31. The Morgan fingerprint density at radius 3 is 2.28 bits per heavy atom. The van der Waals surface area contributed by atoms with E-state index in [1.807, 2.05) is 0 Å². The summed E-state index contributed by atoms with van der Waals surface area (Å²) in [6.07, 6.45) is 2.84. The van der Waals surface area contributed by atoms with Crippen LogP contribution in [0.25, 0.3) is 5.69 Å². The third-order valence-electron chi connectivity index (χ3n) is 3.62. The number of hydrogen-bond donors (Lipinski definition) is 0. The monoisotopic (exact) mass is 374 g/mol. The molecule has 0 spiro atoms. The molecule has 0 aliphatic heterocycles. The van der Waals surface area contributed by atoms with Crippen molar-refractivity contribution in [2.45, 2.75) is 6.54 Å². The van der Waals surface area contributed by atoms with E-state index in [-0.39, 0.29) is 12.3 Å². The molecule has 2 aromatic carbocycles. The normalized spacial score (nSPS) is 10.6. The second-order valence-electron chi connectivity index (χ2n) is 5.32. The van der Waals surface area contributed by atoms with Crippen LogP contribution in [0.2, 0.25) is 10.0 Å². The van der Waals surface area contributed by atoms with Crippen molar-refractivity contribution in [2.75, 3.05) is 0 Å². The summed E-state index contributed by atoms with van der Waals surface area (Å²) < 4.78 is 2.28. The van der Waals surface area contributed by atoms with Gasteiger partial charge in [-0.05, 0) is 42.5 Å². The van der Waals surface area contributed by atoms with Gasteiger partial charge >= 0.3 is 11.1 Å². The fraction of sp³-hybridized carbons (Fsp3) is 0.0556. The Morgan fingerprint density at radius 1 is 0.880 bits per heavy atom. The number of ketones is 1. The highest BCUT2D eigenvalue weighted by Gasteiger charge is 2.11. The molecule has 0 bridgehead atoms. The van der Waals surface area contributed by atoms with Crippen molar-refractivity contribution in [3.63, 3.8) is 0 Å². The predicted octanol–water partition coefficient (Wildman–Crippen LogP) is 3.19. The summed E-state index contributed by atoms with van der Waals surface area (Å²) >= 11 is 11.7. The molecule has 0 saturated carbocycles. The Balaban J connectivity index is 1.93. The van der Waals surface area contributed by atoms with E-state index in [9.17, 15) is 14.4 Å². The lowest BCUT2D eigenvalue weighted by molar-refractivity contribution is 0.0970. The van der Waals surface area contributed by atoms with Gasteiger partial charge in [-0.1, -0.05) is 29.3 Å². The highest BCUT2D eigenvalue weighted by Crippen LogP contribution is 2.13. The average Bonchev–Trinajstić information content (AvgIpc) is 2.59. The van der Waals surface area contributed by atoms with Gasteiger partial charge in [-0.2, -0.15) is 0 Å². The molecular weight excluding hydrogens is 363 g/mol. The molecular formula is C18H12Cl2N2O3. The number of aromatic nitrogens is 2. The molecule has 0 aliphatic rings. The van der Waals surface area contributed by atoms with E-state index in [4.69, 9.17) is 23.2 Å². The van der Waals surface area contributed by atoms with Gasteiger partial charge in [0.15, 0.2) is 5.78 Å². The topological polar surface area (TPSA) is 61.1 Å². The molecule has 1 aromatic heterocycles. The van der Waals surface area contributed by atoms with E-state index in [1.165, 1.54) is 17.0 Å². The van der Waals surface area contributed by atoms with Crippen LogP contribution in [0.3, 0.4) is 0 Å². The molecule has 126 valence electrons. The van der Waals surface area contributed by atoms with Crippen LogP contribution in [0.1, 0.15) is 10.4 Å². The molecule has 5 nitrogen and oxygen atoms in total. The first-order chi connectivity index (χ1) is 12.0. The van der Waals surface area contributed by atoms with E-state index in [2.05, 4.69) is 0 Å². The fourth-order valence-corrected chi connectivity index (χ4v) is 2.65. The first-order valence-corrected chi connectivity index (χ1v) is 8.08. The lowest BCUT2D eigenvalue weighted by Gasteiger charge is -2.09. The Kier molecular flexibility index (Phi) is 4.88. The molecule has 0 amide bonds. The molecule has 7 heteroatoms. The molecule has 0 atom stereocenters. The molecule has 3 aromatic rings. The third-order valence-corrected chi connectivity index (χ3v) is 4.11. The number of halogens is 2. The van der Waals surface area contributed by atoms with Gasteiger partial charge < -0.3 is 4.57 Å². The summed E-state index contributed by atoms with van der Waals surface area (Å²) in [6, 6.07) is 12.9. The molecule has 3 rings (SSSR count). The summed E-state index contributed by atoms with van der Waals surface area (Å²) in [4.78, 5) is 36.9. The van der Waals surface area contributed by atoms with E-state index < -0.39 is 11.1 Å². The summed E-state index contributed by atoms with van der Waals surface area (Å²) in [5, 5.41) is 0.962. The van der Waals surface area contributed by atoms with Crippen LogP contribution >= 0.6 is 23.2 Å². The van der Waals surface area contributed by atoms with Crippen molar-refractivity contribution in [3.8, 4) is 5.69 Å². The standard InChI is InChI=1S/C18H12Cl2N2O3/c19-13-6-4-12(5-7-13)16(23)11-21-8-9-22(18(25)17(21)24)15-3-1-2-14(20)10-15/h1-10H,11H2. The third kappa shape index (κ3) is 3.73. The van der Waals surface area contributed by atoms with Crippen molar-refractivity contribution >= 4 is 29.0 Å². The zero-order valence-corrected chi connectivity index (χ0v) is 14.4. The summed E-state index contributed by atoms with van der Waals surface area (Å²) in [6.45, 7) is -0.230. The predicted molar refractivity (Wildman–Crippen MR) is 97.1 cm³/mol. The number of carbonyl (C=O) groups excluding carboxylic acids is 1. The quantitative estimate of drug-likeness (QED) is 0.520. The largest absolute Gasteiger partial charge is 0.320 e. The van der Waals surface area contributed by atoms with E-state index >= 15 is 0 Å². The second kappa shape index (κ2) is 7.09. The molecule has 0 saturated heterocycles. The van der Waals surface area contributed by atoms with Crippen molar-refractivity contribution in [1.29, 1.82) is 0 Å². The van der Waals surface area contributed by atoms with Gasteiger partial charge in [0.25, 0.3) is 0 Å². The van der Waals surface area contributed by atoms with Crippen LogP contribution in [0.15, 0.2) is 70.5 Å². The lowest BCUT2D eigenvalue weighted by atomic mass is 10.1. The molecule has 1 heterocycles. The number of carbonyl (C=O) groups is 1. The van der Waals surface area contributed by atoms with Gasteiger partial charge in [0, 0.05) is 28.0 Å². The number of hydrogen-bond acceptors (Lipinski definition) is 3. The van der Waals surface area contributed by atoms with Gasteiger partial charge in [-0.15, -0.1) is 0 Å². The van der Waals surface area contributed by atoms with Crippen molar-refractivity contribution in [1.82, 2.24) is 9.13 Å². The van der Waals surface area contributed by atoms with Gasteiger partial charge in [0.1, 0.15) is 0 Å². The number of nitrogens with zero attached hydrogens (tertiary/aromatic N) is 2. The SMILES string of the molecule is O=C(Cn1ccn(-c2cccc(Cl)c2)c(=O)c1=O)c1ccc(Cl)cc1. The maximum absolute atomic E-state index is 12.3. The first-order valence-electron chi connectivity index (χ1n) is 7.32. The summed E-state index contributed by atoms with van der Waals surface area (Å²) in [5.41, 5.74) is -0.653. The molecule has 0 radical (unpaired) electrons. The highest BCUT2D eigenvalue weighted by atomic mass is 35.5. The Morgan fingerprint density at radius 2 is 1.60 bits per heavy atom. The number of Topliss-reactive ketones (excluding diaryl/α,β-unsaturated/α-hetero) is 1. The number of benzene rings is 2. The van der Waals surface area contributed by atoms with Crippen LogP contribution in [0.4, 0.5) is 0 Å². The molecule has 0 N–H and O–H groups in total. The summed E-state index contributed by atoms with van der Waals surface area (Å²) in [5.74, 6) is -0.293. The maximum Gasteiger partial charge on any atom is 0.320 e. The van der Waals surface area contributed by atoms with E-state index in [0.717, 1.165) is 4.57 Å². The van der Waals surface area contributed by atoms with Crippen LogP contribution < -0.4 is 11.1 Å². The minimum absolute atomic E-state index is 0.230. The molecule has 0 aliphatic carbocycles. The Labute approximate surface area is 152 Å². The zero-order valence-electron chi connectivity index (χ0n) is 12.9. The van der Waals surface area contributed by atoms with Crippen LogP contribution in [0, 0.1) is 0 Å². The average molecular weight is 375 g/mol. The summed E-state index contributed by atoms with van der Waals surface area (Å²) in [7, 11) is 0. The minimum Gasteiger partial charge on any atom is -0.301 e. The van der Waals surface area contributed by atoms with Crippen molar-refractivity contribution in [2.24, 2.45) is 0 Å². The maximum atomic E-state index is 12.3. The van der Waals surface area contributed by atoms with Crippen LogP contribution in [-0.2, 0) is 6.54 Å². The van der Waals surface area contributed by atoms with Gasteiger partial charge in [0.2, 0.25) is 0 Å². The van der Waals surface area contributed by atoms with Crippen molar-refractivity contribution < 1.29 is 4.79 Å².